The van der Waals surface area contributed by atoms with Crippen molar-refractivity contribution in [2.75, 3.05) is 27.3 Å². The van der Waals surface area contributed by atoms with Gasteiger partial charge in [0, 0.05) is 24.7 Å². The minimum atomic E-state index is -0.0405. The Balaban J connectivity index is 1.42. The number of methoxy groups -OCH3 is 2. The molecule has 0 spiro atoms. The van der Waals surface area contributed by atoms with Crippen molar-refractivity contribution in [3.63, 3.8) is 0 Å². The fourth-order valence-electron chi connectivity index (χ4n) is 3.40. The van der Waals surface area contributed by atoms with E-state index in [-0.39, 0.29) is 11.9 Å². The highest BCUT2D eigenvalue weighted by Gasteiger charge is 2.26. The summed E-state index contributed by atoms with van der Waals surface area (Å²) in [6.07, 6.45) is 3.36. The highest BCUT2D eigenvalue weighted by Crippen LogP contribution is 2.27. The van der Waals surface area contributed by atoms with Crippen LogP contribution < -0.4 is 9.47 Å². The van der Waals surface area contributed by atoms with Gasteiger partial charge in [0.15, 0.2) is 11.5 Å². The quantitative estimate of drug-likeness (QED) is 0.643. The number of rotatable bonds is 5. The zero-order chi connectivity index (χ0) is 20.4. The molecule has 10 nitrogen and oxygen atoms in total. The van der Waals surface area contributed by atoms with E-state index in [1.807, 2.05) is 15.8 Å². The maximum Gasteiger partial charge on any atom is 0.280 e. The molecule has 3 aromatic rings. The molecule has 1 aliphatic heterocycles. The van der Waals surface area contributed by atoms with E-state index in [2.05, 4.69) is 20.5 Å². The monoisotopic (exact) mass is 398 g/mol. The van der Waals surface area contributed by atoms with Crippen LogP contribution in [0.1, 0.15) is 35.1 Å². The fourth-order valence-corrected chi connectivity index (χ4v) is 3.40. The van der Waals surface area contributed by atoms with Crippen LogP contribution in [-0.2, 0) is 0 Å². The average Bonchev–Trinajstić information content (AvgIpc) is 3.42. The summed E-state index contributed by atoms with van der Waals surface area (Å²) in [6.45, 7) is 3.00. The Morgan fingerprint density at radius 2 is 1.83 bits per heavy atom. The summed E-state index contributed by atoms with van der Waals surface area (Å²) in [5, 5.41) is 12.1. The molecule has 1 aliphatic rings. The smallest absolute Gasteiger partial charge is 0.280 e. The van der Waals surface area contributed by atoms with Gasteiger partial charge in [-0.2, -0.15) is 4.98 Å². The van der Waals surface area contributed by atoms with Crippen LogP contribution in [-0.4, -0.2) is 63.3 Å². The Kier molecular flexibility index (Phi) is 5.15. The van der Waals surface area contributed by atoms with E-state index in [0.717, 1.165) is 12.8 Å². The van der Waals surface area contributed by atoms with Crippen LogP contribution in [0, 0.1) is 6.92 Å². The van der Waals surface area contributed by atoms with Crippen molar-refractivity contribution in [1.82, 2.24) is 30.0 Å². The average molecular weight is 398 g/mol. The van der Waals surface area contributed by atoms with Gasteiger partial charge in [0.1, 0.15) is 11.5 Å². The van der Waals surface area contributed by atoms with Gasteiger partial charge in [-0.25, -0.2) is 4.68 Å². The molecule has 0 bridgehead atoms. The second-order valence-electron chi connectivity index (χ2n) is 6.86. The first kappa shape index (κ1) is 18.9. The van der Waals surface area contributed by atoms with Crippen LogP contribution in [0.15, 0.2) is 28.9 Å². The van der Waals surface area contributed by atoms with E-state index in [9.17, 15) is 4.79 Å². The summed E-state index contributed by atoms with van der Waals surface area (Å²) in [6, 6.07) is 5.36. The molecule has 10 heteroatoms. The SMILES string of the molecule is COc1cc(OC)cc(C(=O)N2CCC(n3cc(-c4nc(C)no4)nn3)CC2)c1. The number of carbonyl (C=O) groups excluding carboxylic acids is 1. The molecule has 0 saturated carbocycles. The molecule has 0 N–H and O–H groups in total. The number of amides is 1. The molecule has 4 rings (SSSR count). The third kappa shape index (κ3) is 3.91. The Labute approximate surface area is 167 Å². The van der Waals surface area contributed by atoms with Gasteiger partial charge in [-0.3, -0.25) is 4.79 Å². The summed E-state index contributed by atoms with van der Waals surface area (Å²) in [7, 11) is 3.13. The number of nitrogens with zero attached hydrogens (tertiary/aromatic N) is 6. The Morgan fingerprint density at radius 1 is 1.14 bits per heavy atom. The molecule has 1 amide bonds. The van der Waals surface area contributed by atoms with Gasteiger partial charge in [-0.1, -0.05) is 10.4 Å². The van der Waals surface area contributed by atoms with Gasteiger partial charge in [0.2, 0.25) is 0 Å². The minimum Gasteiger partial charge on any atom is -0.497 e. The molecule has 0 aliphatic carbocycles. The van der Waals surface area contributed by atoms with Crippen LogP contribution in [0.2, 0.25) is 0 Å². The Bertz CT molecular complexity index is 984. The number of piperidine rings is 1. The molecule has 29 heavy (non-hydrogen) atoms. The summed E-state index contributed by atoms with van der Waals surface area (Å²) >= 11 is 0. The van der Waals surface area contributed by atoms with Crippen molar-refractivity contribution in [3.05, 3.63) is 35.8 Å². The zero-order valence-corrected chi connectivity index (χ0v) is 16.5. The molecular formula is C19H22N6O4. The summed E-state index contributed by atoms with van der Waals surface area (Å²) in [5.41, 5.74) is 1.10. The first-order valence-electron chi connectivity index (χ1n) is 9.32. The summed E-state index contributed by atoms with van der Waals surface area (Å²) in [4.78, 5) is 18.9. The molecule has 0 radical (unpaired) electrons. The highest BCUT2D eigenvalue weighted by molar-refractivity contribution is 5.95. The summed E-state index contributed by atoms with van der Waals surface area (Å²) < 4.78 is 17.5. The molecule has 0 atom stereocenters. The second kappa shape index (κ2) is 7.90. The first-order valence-corrected chi connectivity index (χ1v) is 9.32. The molecular weight excluding hydrogens is 376 g/mol. The van der Waals surface area contributed by atoms with Crippen LogP contribution in [0.5, 0.6) is 11.5 Å². The third-order valence-corrected chi connectivity index (χ3v) is 4.98. The van der Waals surface area contributed by atoms with E-state index < -0.39 is 0 Å². The predicted octanol–water partition coefficient (Wildman–Crippen LogP) is 2.13. The van der Waals surface area contributed by atoms with Gasteiger partial charge in [0.25, 0.3) is 11.8 Å². The van der Waals surface area contributed by atoms with E-state index in [0.29, 0.717) is 47.6 Å². The number of likely N-dealkylation sites (tertiary alicyclic amines) is 1. The van der Waals surface area contributed by atoms with Crippen molar-refractivity contribution in [1.29, 1.82) is 0 Å². The van der Waals surface area contributed by atoms with E-state index in [1.54, 1.807) is 39.3 Å². The normalized spacial score (nSPS) is 14.8. The zero-order valence-electron chi connectivity index (χ0n) is 16.5. The highest BCUT2D eigenvalue weighted by atomic mass is 16.5. The fraction of sp³-hybridized carbons (Fsp3) is 0.421. The topological polar surface area (TPSA) is 108 Å². The van der Waals surface area contributed by atoms with Gasteiger partial charge in [-0.15, -0.1) is 5.10 Å². The third-order valence-electron chi connectivity index (χ3n) is 4.98. The van der Waals surface area contributed by atoms with E-state index in [1.165, 1.54) is 0 Å². The Morgan fingerprint density at radius 3 is 2.41 bits per heavy atom. The van der Waals surface area contributed by atoms with Crippen LogP contribution in [0.3, 0.4) is 0 Å². The van der Waals surface area contributed by atoms with Crippen molar-refractivity contribution in [2.45, 2.75) is 25.8 Å². The van der Waals surface area contributed by atoms with Gasteiger partial charge < -0.3 is 18.9 Å². The van der Waals surface area contributed by atoms with Crippen molar-refractivity contribution in [3.8, 4) is 23.1 Å². The standard InChI is InChI=1S/C19H22N6O4/c1-12-20-18(29-22-12)17-11-25(23-21-17)14-4-6-24(7-5-14)19(26)13-8-15(27-2)10-16(9-13)28-3/h8-11,14H,4-7H2,1-3H3. The number of hydrogen-bond acceptors (Lipinski definition) is 8. The molecule has 152 valence electrons. The summed E-state index contributed by atoms with van der Waals surface area (Å²) in [5.74, 6) is 2.05. The lowest BCUT2D eigenvalue weighted by molar-refractivity contribution is 0.0688. The van der Waals surface area contributed by atoms with Crippen LogP contribution in [0.25, 0.3) is 11.6 Å². The maximum absolute atomic E-state index is 12.9. The molecule has 2 aromatic heterocycles. The number of carbonyl (C=O) groups is 1. The minimum absolute atomic E-state index is 0.0405. The first-order chi connectivity index (χ1) is 14.1. The number of aromatic nitrogens is 5. The lowest BCUT2D eigenvalue weighted by Gasteiger charge is -2.32. The maximum atomic E-state index is 12.9. The Hall–Kier alpha value is -3.43. The van der Waals surface area contributed by atoms with Crippen LogP contribution >= 0.6 is 0 Å². The molecule has 3 heterocycles. The van der Waals surface area contributed by atoms with E-state index in [4.69, 9.17) is 14.0 Å². The molecule has 0 unspecified atom stereocenters. The lowest BCUT2D eigenvalue weighted by atomic mass is 10.0. The van der Waals surface area contributed by atoms with Crippen LogP contribution in [0.4, 0.5) is 0 Å². The van der Waals surface area contributed by atoms with Crippen molar-refractivity contribution in [2.24, 2.45) is 0 Å². The number of benzene rings is 1. The lowest BCUT2D eigenvalue weighted by Crippen LogP contribution is -2.39. The predicted molar refractivity (Wildman–Crippen MR) is 102 cm³/mol. The van der Waals surface area contributed by atoms with Crippen molar-refractivity contribution < 1.29 is 18.8 Å². The van der Waals surface area contributed by atoms with Gasteiger partial charge in [0.05, 0.1) is 26.5 Å². The molecule has 1 fully saturated rings. The van der Waals surface area contributed by atoms with Crippen molar-refractivity contribution >= 4 is 5.91 Å². The number of ether oxygens (including phenoxy) is 2. The van der Waals surface area contributed by atoms with E-state index >= 15 is 0 Å². The largest absolute Gasteiger partial charge is 0.497 e. The van der Waals surface area contributed by atoms with Gasteiger partial charge in [-0.05, 0) is 31.9 Å². The number of aryl methyl sites for hydroxylation is 1. The van der Waals surface area contributed by atoms with Gasteiger partial charge >= 0.3 is 0 Å². The molecule has 1 saturated heterocycles. The second-order valence-corrected chi connectivity index (χ2v) is 6.86. The molecule has 1 aromatic carbocycles. The number of hydrogen-bond donors (Lipinski definition) is 0.